The molecule has 0 amide bonds. The van der Waals surface area contributed by atoms with Crippen LogP contribution in [0.4, 0.5) is 0 Å². The van der Waals surface area contributed by atoms with Crippen LogP contribution in [0.25, 0.3) is 0 Å². The Morgan fingerprint density at radius 2 is 1.61 bits per heavy atom. The van der Waals surface area contributed by atoms with E-state index >= 15 is 0 Å². The normalized spacial score (nSPS) is 10.1. The van der Waals surface area contributed by atoms with Crippen LogP contribution in [-0.2, 0) is 9.47 Å². The second-order valence-electron chi connectivity index (χ2n) is 3.90. The van der Waals surface area contributed by atoms with Gasteiger partial charge in [-0.25, -0.2) is 0 Å². The molecule has 0 spiro atoms. The van der Waals surface area contributed by atoms with Crippen molar-refractivity contribution in [2.45, 2.75) is 51.9 Å². The van der Waals surface area contributed by atoms with Gasteiger partial charge in [0, 0.05) is 6.61 Å². The first-order chi connectivity index (χ1) is 7.91. The van der Waals surface area contributed by atoms with Gasteiger partial charge in [0.15, 0.2) is 0 Å². The summed E-state index contributed by atoms with van der Waals surface area (Å²) in [5.41, 5.74) is 0. The molecule has 0 aromatic rings. The summed E-state index contributed by atoms with van der Waals surface area (Å²) in [4.78, 5) is 0. The molecule has 0 unspecified atom stereocenters. The first-order valence-electron chi connectivity index (χ1n) is 6.51. The average molecular weight is 332 g/mol. The van der Waals surface area contributed by atoms with E-state index in [1.807, 2.05) is 0 Å². The molecule has 0 fully saturated rings. The van der Waals surface area contributed by atoms with Gasteiger partial charge in [0.25, 0.3) is 0 Å². The second kappa shape index (κ2) is 23.0. The van der Waals surface area contributed by atoms with Crippen molar-refractivity contribution in [3.05, 3.63) is 19.1 Å². The maximum atomic E-state index is 5.36. The van der Waals surface area contributed by atoms with Crippen LogP contribution in [0.1, 0.15) is 51.9 Å². The van der Waals surface area contributed by atoms with Crippen LogP contribution in [0.5, 0.6) is 0 Å². The van der Waals surface area contributed by atoms with Crippen LogP contribution >= 0.6 is 0 Å². The Labute approximate surface area is 140 Å². The fraction of sp³-hybridized carbons (Fsp3) is 0.786. The van der Waals surface area contributed by atoms with E-state index in [1.165, 1.54) is 25.7 Å². The van der Waals surface area contributed by atoms with Crippen molar-refractivity contribution < 1.29 is 26.5 Å². The second-order valence-corrected chi connectivity index (χ2v) is 3.90. The van der Waals surface area contributed by atoms with Crippen LogP contribution in [0.15, 0.2) is 12.2 Å². The topological polar surface area (TPSA) is 18.5 Å². The predicted octanol–water partition coefficient (Wildman–Crippen LogP) is 0.741. The Hall–Kier alpha value is 0.906. The largest absolute Gasteiger partial charge is 2.00 e. The van der Waals surface area contributed by atoms with Crippen LogP contribution in [-0.4, -0.2) is 43.1 Å². The summed E-state index contributed by atoms with van der Waals surface area (Å²) in [6, 6.07) is 0. The number of allylic oxidation sites excluding steroid dienone is 1. The molecule has 0 bridgehead atoms. The zero-order valence-electron chi connectivity index (χ0n) is 11.8. The first kappa shape index (κ1) is 24.0. The molecule has 104 valence electrons. The van der Waals surface area contributed by atoms with Gasteiger partial charge in [0.2, 0.25) is 0 Å². The molecule has 0 saturated carbocycles. The maximum absolute atomic E-state index is 5.36. The standard InChI is InChI=1S/C14H27O2.BrH.Mg/c1-3-5-7-9-11-13-16-14-15-12-10-8-6-4-2;;/h6,8H,2-5,7,9-14H2,1H3;1H;/q-1;;+2/p-1/b8-6-;;. The van der Waals surface area contributed by atoms with E-state index in [0.717, 1.165) is 32.5 Å². The summed E-state index contributed by atoms with van der Waals surface area (Å²) in [5.74, 6) is 0. The zero-order valence-corrected chi connectivity index (χ0v) is 14.8. The van der Waals surface area contributed by atoms with Crippen molar-refractivity contribution in [1.82, 2.24) is 0 Å². The van der Waals surface area contributed by atoms with Gasteiger partial charge in [-0.05, 0) is 12.8 Å². The number of ether oxygens (including phenoxy) is 2. The monoisotopic (exact) mass is 330 g/mol. The van der Waals surface area contributed by atoms with Crippen molar-refractivity contribution in [2.75, 3.05) is 20.0 Å². The Morgan fingerprint density at radius 1 is 0.944 bits per heavy atom. The smallest absolute Gasteiger partial charge is 1.00 e. The molecule has 0 atom stereocenters. The molecular weight excluding hydrogens is 304 g/mol. The Bertz CT molecular complexity index is 155. The quantitative estimate of drug-likeness (QED) is 0.173. The van der Waals surface area contributed by atoms with Gasteiger partial charge >= 0.3 is 23.1 Å². The third-order valence-corrected chi connectivity index (χ3v) is 2.32. The van der Waals surface area contributed by atoms with Crippen molar-refractivity contribution in [3.8, 4) is 0 Å². The summed E-state index contributed by atoms with van der Waals surface area (Å²) in [7, 11) is 0. The third kappa shape index (κ3) is 22.1. The molecule has 0 aliphatic heterocycles. The van der Waals surface area contributed by atoms with Gasteiger partial charge in [0.05, 0.1) is 6.61 Å². The summed E-state index contributed by atoms with van der Waals surface area (Å²) in [6.45, 7) is 7.96. The summed E-state index contributed by atoms with van der Waals surface area (Å²) < 4.78 is 10.7. The molecule has 0 heterocycles. The van der Waals surface area contributed by atoms with Crippen molar-refractivity contribution in [3.63, 3.8) is 0 Å². The van der Waals surface area contributed by atoms with E-state index in [9.17, 15) is 0 Å². The summed E-state index contributed by atoms with van der Waals surface area (Å²) in [5, 5.41) is 0. The molecule has 0 radical (unpaired) electrons. The molecule has 0 N–H and O–H groups in total. The number of unbranched alkanes of at least 4 members (excludes halogenated alkanes) is 4. The molecule has 0 rings (SSSR count). The van der Waals surface area contributed by atoms with Gasteiger partial charge in [-0.15, -0.1) is 6.08 Å². The SMILES string of the molecule is [Br-].[CH2-]C/C=C\CCOCOCCCCCCC.[Mg+2]. The van der Waals surface area contributed by atoms with Crippen LogP contribution in [0.2, 0.25) is 0 Å². The average Bonchev–Trinajstić information content (AvgIpc) is 2.31. The fourth-order valence-corrected chi connectivity index (χ4v) is 1.37. The van der Waals surface area contributed by atoms with Gasteiger partial charge in [-0.3, -0.25) is 0 Å². The molecule has 2 nitrogen and oxygen atoms in total. The van der Waals surface area contributed by atoms with E-state index in [1.54, 1.807) is 0 Å². The number of hydrogen-bond acceptors (Lipinski definition) is 2. The van der Waals surface area contributed by atoms with Crippen LogP contribution < -0.4 is 17.0 Å². The van der Waals surface area contributed by atoms with Gasteiger partial charge in [-0.1, -0.05) is 38.7 Å². The minimum atomic E-state index is 0. The van der Waals surface area contributed by atoms with E-state index in [0.29, 0.717) is 6.79 Å². The van der Waals surface area contributed by atoms with Crippen LogP contribution in [0, 0.1) is 6.92 Å². The van der Waals surface area contributed by atoms with Gasteiger partial charge < -0.3 is 33.4 Å². The minimum Gasteiger partial charge on any atom is -1.00 e. The first-order valence-corrected chi connectivity index (χ1v) is 6.51. The predicted molar refractivity (Wildman–Crippen MR) is 75.0 cm³/mol. The maximum Gasteiger partial charge on any atom is 2.00 e. The van der Waals surface area contributed by atoms with Gasteiger partial charge in [0.1, 0.15) is 6.79 Å². The summed E-state index contributed by atoms with van der Waals surface area (Å²) >= 11 is 0. The third-order valence-electron chi connectivity index (χ3n) is 2.32. The minimum absolute atomic E-state index is 0. The number of halogens is 1. The number of hydrogen-bond donors (Lipinski definition) is 0. The zero-order chi connectivity index (χ0) is 11.9. The molecule has 0 saturated heterocycles. The molecule has 0 aliphatic carbocycles. The van der Waals surface area contributed by atoms with E-state index in [2.05, 4.69) is 26.0 Å². The van der Waals surface area contributed by atoms with Crippen molar-refractivity contribution in [2.24, 2.45) is 0 Å². The van der Waals surface area contributed by atoms with Crippen LogP contribution in [0.3, 0.4) is 0 Å². The molecule has 18 heavy (non-hydrogen) atoms. The van der Waals surface area contributed by atoms with E-state index < -0.39 is 0 Å². The van der Waals surface area contributed by atoms with E-state index in [4.69, 9.17) is 9.47 Å². The Kier molecular flexibility index (Phi) is 30.7. The van der Waals surface area contributed by atoms with Gasteiger partial charge in [-0.2, -0.15) is 6.42 Å². The van der Waals surface area contributed by atoms with Crippen molar-refractivity contribution >= 4 is 23.1 Å². The van der Waals surface area contributed by atoms with E-state index in [-0.39, 0.29) is 40.0 Å². The molecule has 4 heteroatoms. The number of rotatable bonds is 12. The summed E-state index contributed by atoms with van der Waals surface area (Å²) in [6.07, 6.45) is 12.4. The molecular formula is C14H27BrMgO2. The Balaban J connectivity index is -0.00000112. The van der Waals surface area contributed by atoms with Crippen molar-refractivity contribution in [1.29, 1.82) is 0 Å². The molecule has 0 aromatic heterocycles. The molecule has 0 aliphatic rings. The molecule has 0 aromatic carbocycles. The Morgan fingerprint density at radius 3 is 2.28 bits per heavy atom. The fourth-order valence-electron chi connectivity index (χ4n) is 1.37.